The maximum atomic E-state index is 5.11. The van der Waals surface area contributed by atoms with Gasteiger partial charge in [0, 0.05) is 7.11 Å². The van der Waals surface area contributed by atoms with Crippen LogP contribution in [0.3, 0.4) is 0 Å². The highest BCUT2D eigenvalue weighted by Gasteiger charge is 2.10. The zero-order valence-corrected chi connectivity index (χ0v) is 14.6. The Balaban J connectivity index is 2.10. The Hall–Kier alpha value is -1.12. The molecular formula is C19H23BrO. The zero-order valence-electron chi connectivity index (χ0n) is 13.0. The molecule has 0 amide bonds. The molecule has 2 aromatic rings. The molecule has 0 saturated heterocycles. The molecule has 0 bridgehead atoms. The molecule has 0 aromatic heterocycles. The second-order valence-corrected chi connectivity index (χ2v) is 6.58. The third-order valence-electron chi connectivity index (χ3n) is 3.76. The van der Waals surface area contributed by atoms with Crippen LogP contribution in [0.1, 0.15) is 46.8 Å². The van der Waals surface area contributed by atoms with Crippen LogP contribution in [-0.4, -0.2) is 13.7 Å². The SMILES string of the molecule is COCCc1ccc(C(Br)c2ccc(C(C)C)cc2)cc1. The molecule has 2 heteroatoms. The average Bonchev–Trinajstić information content (AvgIpc) is 2.53. The Morgan fingerprint density at radius 1 is 0.857 bits per heavy atom. The monoisotopic (exact) mass is 346 g/mol. The van der Waals surface area contributed by atoms with Crippen molar-refractivity contribution in [3.63, 3.8) is 0 Å². The van der Waals surface area contributed by atoms with E-state index in [9.17, 15) is 0 Å². The number of methoxy groups -OCH3 is 1. The number of hydrogen-bond donors (Lipinski definition) is 0. The number of hydrogen-bond acceptors (Lipinski definition) is 1. The molecule has 0 fully saturated rings. The van der Waals surface area contributed by atoms with Crippen LogP contribution < -0.4 is 0 Å². The minimum atomic E-state index is 0.246. The van der Waals surface area contributed by atoms with E-state index in [4.69, 9.17) is 4.74 Å². The maximum absolute atomic E-state index is 5.11. The maximum Gasteiger partial charge on any atom is 0.0644 e. The van der Waals surface area contributed by atoms with Crippen molar-refractivity contribution in [2.24, 2.45) is 0 Å². The van der Waals surface area contributed by atoms with E-state index in [1.807, 2.05) is 0 Å². The summed E-state index contributed by atoms with van der Waals surface area (Å²) in [5.41, 5.74) is 5.28. The van der Waals surface area contributed by atoms with Gasteiger partial charge in [0.15, 0.2) is 0 Å². The van der Waals surface area contributed by atoms with Crippen LogP contribution in [-0.2, 0) is 11.2 Å². The number of rotatable bonds is 6. The molecule has 0 aliphatic rings. The molecule has 1 unspecified atom stereocenters. The van der Waals surface area contributed by atoms with Crippen molar-refractivity contribution >= 4 is 15.9 Å². The van der Waals surface area contributed by atoms with E-state index in [-0.39, 0.29) is 4.83 Å². The van der Waals surface area contributed by atoms with Crippen LogP contribution in [0.15, 0.2) is 48.5 Å². The van der Waals surface area contributed by atoms with Crippen molar-refractivity contribution in [2.45, 2.75) is 31.0 Å². The van der Waals surface area contributed by atoms with Gasteiger partial charge in [0.1, 0.15) is 0 Å². The first-order valence-electron chi connectivity index (χ1n) is 7.43. The molecule has 0 spiro atoms. The van der Waals surface area contributed by atoms with Gasteiger partial charge in [-0.3, -0.25) is 0 Å². The number of halogens is 1. The highest BCUT2D eigenvalue weighted by Crippen LogP contribution is 2.31. The highest BCUT2D eigenvalue weighted by atomic mass is 79.9. The largest absolute Gasteiger partial charge is 0.384 e. The van der Waals surface area contributed by atoms with Gasteiger partial charge >= 0.3 is 0 Å². The summed E-state index contributed by atoms with van der Waals surface area (Å²) in [6, 6.07) is 17.6. The van der Waals surface area contributed by atoms with Crippen molar-refractivity contribution in [2.75, 3.05) is 13.7 Å². The quantitative estimate of drug-likeness (QED) is 0.629. The third-order valence-corrected chi connectivity index (χ3v) is 4.82. The fraction of sp³-hybridized carbons (Fsp3) is 0.368. The van der Waals surface area contributed by atoms with Gasteiger partial charge in [-0.2, -0.15) is 0 Å². The molecule has 0 heterocycles. The summed E-state index contributed by atoms with van der Waals surface area (Å²) in [6.07, 6.45) is 0.965. The Labute approximate surface area is 136 Å². The summed E-state index contributed by atoms with van der Waals surface area (Å²) in [5, 5.41) is 0. The fourth-order valence-electron chi connectivity index (χ4n) is 2.32. The summed E-state index contributed by atoms with van der Waals surface area (Å²) < 4.78 is 5.11. The molecule has 2 rings (SSSR count). The Morgan fingerprint density at radius 2 is 1.33 bits per heavy atom. The Kier molecular flexibility index (Phi) is 6.01. The molecule has 0 saturated carbocycles. The van der Waals surface area contributed by atoms with Crippen LogP contribution in [0.5, 0.6) is 0 Å². The van der Waals surface area contributed by atoms with Gasteiger partial charge in [0.2, 0.25) is 0 Å². The molecular weight excluding hydrogens is 324 g/mol. The van der Waals surface area contributed by atoms with E-state index in [0.29, 0.717) is 5.92 Å². The van der Waals surface area contributed by atoms with Crippen molar-refractivity contribution in [3.8, 4) is 0 Å². The summed E-state index contributed by atoms with van der Waals surface area (Å²) in [6.45, 7) is 5.21. The van der Waals surface area contributed by atoms with E-state index >= 15 is 0 Å². The van der Waals surface area contributed by atoms with Crippen LogP contribution >= 0.6 is 15.9 Å². The first kappa shape index (κ1) is 16.3. The lowest BCUT2D eigenvalue weighted by Crippen LogP contribution is -1.97. The Bertz CT molecular complexity index is 543. The van der Waals surface area contributed by atoms with Crippen LogP contribution in [0.4, 0.5) is 0 Å². The minimum absolute atomic E-state index is 0.246. The van der Waals surface area contributed by atoms with Crippen LogP contribution in [0.25, 0.3) is 0 Å². The topological polar surface area (TPSA) is 9.23 Å². The van der Waals surface area contributed by atoms with Crippen molar-refractivity contribution in [1.29, 1.82) is 0 Å². The predicted octanol–water partition coefficient (Wildman–Crippen LogP) is 5.48. The summed E-state index contributed by atoms with van der Waals surface area (Å²) in [7, 11) is 1.74. The second kappa shape index (κ2) is 7.77. The molecule has 0 aliphatic carbocycles. The molecule has 0 aliphatic heterocycles. The zero-order chi connectivity index (χ0) is 15.2. The smallest absolute Gasteiger partial charge is 0.0644 e. The molecule has 21 heavy (non-hydrogen) atoms. The number of benzene rings is 2. The normalized spacial score (nSPS) is 12.6. The average molecular weight is 347 g/mol. The molecule has 0 radical (unpaired) electrons. The van der Waals surface area contributed by atoms with E-state index in [2.05, 4.69) is 78.3 Å². The van der Waals surface area contributed by atoms with Gasteiger partial charge in [0.25, 0.3) is 0 Å². The summed E-state index contributed by atoms with van der Waals surface area (Å²) >= 11 is 3.81. The lowest BCUT2D eigenvalue weighted by atomic mass is 9.98. The van der Waals surface area contributed by atoms with Crippen LogP contribution in [0, 0.1) is 0 Å². The van der Waals surface area contributed by atoms with Gasteiger partial charge < -0.3 is 4.74 Å². The number of ether oxygens (including phenoxy) is 1. The van der Waals surface area contributed by atoms with Crippen molar-refractivity contribution in [3.05, 3.63) is 70.8 Å². The molecule has 1 nitrogen and oxygen atoms in total. The summed E-state index contributed by atoms with van der Waals surface area (Å²) in [4.78, 5) is 0.246. The van der Waals surface area contributed by atoms with Gasteiger partial charge in [-0.15, -0.1) is 0 Å². The van der Waals surface area contributed by atoms with Gasteiger partial charge in [0.05, 0.1) is 11.4 Å². The lowest BCUT2D eigenvalue weighted by Gasteiger charge is -2.13. The Morgan fingerprint density at radius 3 is 1.81 bits per heavy atom. The van der Waals surface area contributed by atoms with E-state index in [0.717, 1.165) is 13.0 Å². The summed E-state index contributed by atoms with van der Waals surface area (Å²) in [5.74, 6) is 0.577. The predicted molar refractivity (Wildman–Crippen MR) is 93.3 cm³/mol. The first-order chi connectivity index (χ1) is 10.1. The van der Waals surface area contributed by atoms with E-state index < -0.39 is 0 Å². The van der Waals surface area contributed by atoms with E-state index in [1.54, 1.807) is 7.11 Å². The standard InChI is InChI=1S/C19H23BrO/c1-14(2)16-8-10-18(11-9-16)19(20)17-6-4-15(5-7-17)12-13-21-3/h4-11,14,19H,12-13H2,1-3H3. The van der Waals surface area contributed by atoms with E-state index in [1.165, 1.54) is 22.3 Å². The molecule has 2 aromatic carbocycles. The van der Waals surface area contributed by atoms with Crippen LogP contribution in [0.2, 0.25) is 0 Å². The minimum Gasteiger partial charge on any atom is -0.384 e. The first-order valence-corrected chi connectivity index (χ1v) is 8.35. The molecule has 1 atom stereocenters. The number of alkyl halides is 1. The van der Waals surface area contributed by atoms with Crippen molar-refractivity contribution in [1.82, 2.24) is 0 Å². The fourth-order valence-corrected chi connectivity index (χ4v) is 2.93. The molecule has 0 N–H and O–H groups in total. The van der Waals surface area contributed by atoms with Gasteiger partial charge in [-0.05, 0) is 34.6 Å². The second-order valence-electron chi connectivity index (χ2n) is 5.67. The highest BCUT2D eigenvalue weighted by molar-refractivity contribution is 9.09. The van der Waals surface area contributed by atoms with Crippen molar-refractivity contribution < 1.29 is 4.74 Å². The molecule has 112 valence electrons. The lowest BCUT2D eigenvalue weighted by molar-refractivity contribution is 0.202. The third kappa shape index (κ3) is 4.42. The van der Waals surface area contributed by atoms with Gasteiger partial charge in [-0.25, -0.2) is 0 Å². The van der Waals surface area contributed by atoms with Gasteiger partial charge in [-0.1, -0.05) is 78.3 Å².